The van der Waals surface area contributed by atoms with Gasteiger partial charge in [0.1, 0.15) is 11.4 Å². The third-order valence-corrected chi connectivity index (χ3v) is 3.44. The Balaban J connectivity index is 2.22. The average Bonchev–Trinajstić information content (AvgIpc) is 2.57. The number of fused-ring (bicyclic) bond motifs is 1. The van der Waals surface area contributed by atoms with Crippen LogP contribution in [0.2, 0.25) is 0 Å². The quantitative estimate of drug-likeness (QED) is 0.808. The first kappa shape index (κ1) is 15.5. The zero-order chi connectivity index (χ0) is 15.6. The third-order valence-electron chi connectivity index (χ3n) is 3.44. The monoisotopic (exact) mass is 292 g/mol. The van der Waals surface area contributed by atoms with Gasteiger partial charge >= 0.3 is 6.09 Å². The van der Waals surface area contributed by atoms with Gasteiger partial charge in [-0.3, -0.25) is 0 Å². The zero-order valence-corrected chi connectivity index (χ0v) is 13.2. The largest absolute Gasteiger partial charge is 0.495 e. The average molecular weight is 292 g/mol. The summed E-state index contributed by atoms with van der Waals surface area (Å²) in [5, 5.41) is 0. The first-order valence-electron chi connectivity index (χ1n) is 7.23. The molecule has 21 heavy (non-hydrogen) atoms. The molecule has 1 aliphatic rings. The van der Waals surface area contributed by atoms with Crippen LogP contribution >= 0.6 is 0 Å². The normalized spacial score (nSPS) is 15.1. The van der Waals surface area contributed by atoms with Crippen LogP contribution in [-0.4, -0.2) is 30.2 Å². The van der Waals surface area contributed by atoms with Crippen molar-refractivity contribution < 1.29 is 14.3 Å². The molecule has 0 radical (unpaired) electrons. The molecule has 0 saturated heterocycles. The summed E-state index contributed by atoms with van der Waals surface area (Å²) < 4.78 is 10.7. The molecule has 1 amide bonds. The predicted octanol–water partition coefficient (Wildman–Crippen LogP) is 2.96. The molecule has 5 nitrogen and oxygen atoms in total. The number of benzene rings is 1. The van der Waals surface area contributed by atoms with E-state index in [1.54, 1.807) is 12.0 Å². The van der Waals surface area contributed by atoms with E-state index in [0.717, 1.165) is 18.4 Å². The number of carbonyl (C=O) groups is 1. The minimum Gasteiger partial charge on any atom is -0.495 e. The van der Waals surface area contributed by atoms with Crippen molar-refractivity contribution >= 4 is 11.8 Å². The summed E-state index contributed by atoms with van der Waals surface area (Å²) in [6.07, 6.45) is 1.53. The Hall–Kier alpha value is -1.91. The lowest BCUT2D eigenvalue weighted by molar-refractivity contribution is 0.0236. The van der Waals surface area contributed by atoms with Crippen LogP contribution in [0.5, 0.6) is 5.75 Å². The molecule has 1 aliphatic heterocycles. The number of hydrogen-bond acceptors (Lipinski definition) is 4. The lowest BCUT2D eigenvalue weighted by Gasteiger charge is -2.26. The summed E-state index contributed by atoms with van der Waals surface area (Å²) >= 11 is 0. The van der Waals surface area contributed by atoms with E-state index in [1.807, 2.05) is 32.9 Å². The van der Waals surface area contributed by atoms with Crippen LogP contribution in [0, 0.1) is 0 Å². The summed E-state index contributed by atoms with van der Waals surface area (Å²) in [6.45, 7) is 6.84. The van der Waals surface area contributed by atoms with Crippen LogP contribution in [0.1, 0.15) is 38.3 Å². The van der Waals surface area contributed by atoms with E-state index in [1.165, 1.54) is 5.56 Å². The fraction of sp³-hybridized carbons (Fsp3) is 0.562. The molecule has 2 N–H and O–H groups in total. The summed E-state index contributed by atoms with van der Waals surface area (Å²) in [5.74, 6) is 0.653. The summed E-state index contributed by atoms with van der Waals surface area (Å²) in [6, 6.07) is 3.88. The third kappa shape index (κ3) is 3.80. The molecule has 1 heterocycles. The molecule has 1 aromatic rings. The Bertz CT molecular complexity index is 535. The molecule has 5 heteroatoms. The zero-order valence-electron chi connectivity index (χ0n) is 13.2. The summed E-state index contributed by atoms with van der Waals surface area (Å²) in [5.41, 5.74) is 8.37. The topological polar surface area (TPSA) is 64.8 Å². The molecule has 0 aliphatic carbocycles. The van der Waals surface area contributed by atoms with Gasteiger partial charge in [0.15, 0.2) is 0 Å². The number of nitrogens with zero attached hydrogens (tertiary/aromatic N) is 1. The number of anilines is 1. The Morgan fingerprint density at radius 2 is 2.00 bits per heavy atom. The number of carbonyl (C=O) groups excluding carboxylic acids is 1. The van der Waals surface area contributed by atoms with Crippen LogP contribution in [0.25, 0.3) is 0 Å². The Kier molecular flexibility index (Phi) is 4.30. The second-order valence-electron chi connectivity index (χ2n) is 6.37. The lowest BCUT2D eigenvalue weighted by atomic mass is 10.0. The highest BCUT2D eigenvalue weighted by atomic mass is 16.6. The fourth-order valence-corrected chi connectivity index (χ4v) is 2.47. The molecular weight excluding hydrogens is 268 g/mol. The molecule has 0 fully saturated rings. The van der Waals surface area contributed by atoms with Gasteiger partial charge in [0.25, 0.3) is 0 Å². The lowest BCUT2D eigenvalue weighted by Crippen LogP contribution is -2.36. The van der Waals surface area contributed by atoms with Crippen molar-refractivity contribution in [1.29, 1.82) is 0 Å². The molecule has 0 unspecified atom stereocenters. The van der Waals surface area contributed by atoms with Crippen LogP contribution in [0.4, 0.5) is 10.5 Å². The van der Waals surface area contributed by atoms with Gasteiger partial charge in [0.05, 0.1) is 12.8 Å². The first-order chi connectivity index (χ1) is 9.80. The maximum atomic E-state index is 12.2. The number of hydrogen-bond donors (Lipinski definition) is 1. The van der Waals surface area contributed by atoms with Crippen LogP contribution < -0.4 is 10.5 Å². The van der Waals surface area contributed by atoms with Crippen molar-refractivity contribution in [3.63, 3.8) is 0 Å². The SMILES string of the molecule is COc1cc2c(cc1N)CCCN(C(=O)OC(C)(C)C)C2. The highest BCUT2D eigenvalue weighted by Gasteiger charge is 2.25. The van der Waals surface area contributed by atoms with E-state index >= 15 is 0 Å². The number of rotatable bonds is 1. The van der Waals surface area contributed by atoms with Gasteiger partial charge in [-0.15, -0.1) is 0 Å². The maximum absolute atomic E-state index is 12.2. The predicted molar refractivity (Wildman–Crippen MR) is 82.4 cm³/mol. The van der Waals surface area contributed by atoms with Crippen molar-refractivity contribution in [3.05, 3.63) is 23.3 Å². The van der Waals surface area contributed by atoms with Crippen molar-refractivity contribution in [2.75, 3.05) is 19.4 Å². The molecule has 1 aromatic carbocycles. The van der Waals surface area contributed by atoms with Gasteiger partial charge in [0.2, 0.25) is 0 Å². The van der Waals surface area contributed by atoms with Crippen LogP contribution in [-0.2, 0) is 17.7 Å². The maximum Gasteiger partial charge on any atom is 0.410 e. The van der Waals surface area contributed by atoms with E-state index in [4.69, 9.17) is 15.2 Å². The fourth-order valence-electron chi connectivity index (χ4n) is 2.47. The molecule has 0 spiro atoms. The number of nitrogen functional groups attached to an aromatic ring is 1. The highest BCUT2D eigenvalue weighted by molar-refractivity contribution is 5.68. The Labute approximate surface area is 126 Å². The van der Waals surface area contributed by atoms with Crippen molar-refractivity contribution in [1.82, 2.24) is 4.90 Å². The van der Waals surface area contributed by atoms with Gasteiger partial charge in [-0.2, -0.15) is 0 Å². The van der Waals surface area contributed by atoms with E-state index in [9.17, 15) is 4.79 Å². The first-order valence-corrected chi connectivity index (χ1v) is 7.23. The number of aryl methyl sites for hydroxylation is 1. The van der Waals surface area contributed by atoms with Crippen LogP contribution in [0.15, 0.2) is 12.1 Å². The van der Waals surface area contributed by atoms with Gasteiger partial charge < -0.3 is 20.1 Å². The minimum atomic E-state index is -0.481. The second kappa shape index (κ2) is 5.84. The molecule has 0 aromatic heterocycles. The van der Waals surface area contributed by atoms with Crippen molar-refractivity contribution in [3.8, 4) is 5.75 Å². The van der Waals surface area contributed by atoms with E-state index in [-0.39, 0.29) is 6.09 Å². The Morgan fingerprint density at radius 1 is 1.29 bits per heavy atom. The van der Waals surface area contributed by atoms with Gasteiger partial charge in [0, 0.05) is 13.1 Å². The summed E-state index contributed by atoms with van der Waals surface area (Å²) in [4.78, 5) is 14.0. The van der Waals surface area contributed by atoms with E-state index < -0.39 is 5.60 Å². The number of amides is 1. The smallest absolute Gasteiger partial charge is 0.410 e. The molecule has 0 atom stereocenters. The van der Waals surface area contributed by atoms with Gasteiger partial charge in [-0.25, -0.2) is 4.79 Å². The number of ether oxygens (including phenoxy) is 2. The van der Waals surface area contributed by atoms with E-state index in [2.05, 4.69) is 0 Å². The standard InChI is InChI=1S/C16H24N2O3/c1-16(2,3)21-15(19)18-7-5-6-11-8-13(17)14(20-4)9-12(11)10-18/h8-9H,5-7,10,17H2,1-4H3. The second-order valence-corrected chi connectivity index (χ2v) is 6.37. The van der Waals surface area contributed by atoms with Crippen molar-refractivity contribution in [2.45, 2.75) is 45.8 Å². The number of methoxy groups -OCH3 is 1. The highest BCUT2D eigenvalue weighted by Crippen LogP contribution is 2.29. The molecule has 0 bridgehead atoms. The summed E-state index contributed by atoms with van der Waals surface area (Å²) in [7, 11) is 1.60. The minimum absolute atomic E-state index is 0.272. The molecular formula is C16H24N2O3. The van der Waals surface area contributed by atoms with Gasteiger partial charge in [-0.1, -0.05) is 0 Å². The number of nitrogens with two attached hydrogens (primary N) is 1. The molecule has 0 saturated carbocycles. The Morgan fingerprint density at radius 3 is 2.62 bits per heavy atom. The van der Waals surface area contributed by atoms with E-state index in [0.29, 0.717) is 24.5 Å². The van der Waals surface area contributed by atoms with Gasteiger partial charge in [-0.05, 0) is 56.9 Å². The molecule has 116 valence electrons. The van der Waals surface area contributed by atoms with Crippen LogP contribution in [0.3, 0.4) is 0 Å². The molecule has 2 rings (SSSR count). The van der Waals surface area contributed by atoms with Crippen molar-refractivity contribution in [2.24, 2.45) is 0 Å².